The Morgan fingerprint density at radius 1 is 1.12 bits per heavy atom. The minimum atomic E-state index is 0. The number of hydrogen-bond acceptors (Lipinski definition) is 3. The van der Waals surface area contributed by atoms with Gasteiger partial charge in [-0.2, -0.15) is 0 Å². The number of halogens is 2. The zero-order valence-electron chi connectivity index (χ0n) is 13.5. The van der Waals surface area contributed by atoms with E-state index in [0.717, 1.165) is 11.1 Å². The summed E-state index contributed by atoms with van der Waals surface area (Å²) in [5.74, 6) is 1.52. The first-order valence-electron chi connectivity index (χ1n) is 7.18. The predicted molar refractivity (Wildman–Crippen MR) is 109 cm³/mol. The lowest BCUT2D eigenvalue weighted by Gasteiger charge is -2.14. The highest BCUT2D eigenvalue weighted by Gasteiger charge is 2.06. The van der Waals surface area contributed by atoms with Gasteiger partial charge in [-0.1, -0.05) is 29.8 Å². The largest absolute Gasteiger partial charge is 0.508 e. The van der Waals surface area contributed by atoms with Gasteiger partial charge in [0.05, 0.1) is 7.11 Å². The van der Waals surface area contributed by atoms with Crippen molar-refractivity contribution in [3.8, 4) is 11.5 Å². The first kappa shape index (κ1) is 20.4. The van der Waals surface area contributed by atoms with E-state index in [9.17, 15) is 5.11 Å². The van der Waals surface area contributed by atoms with Gasteiger partial charge in [-0.05, 0) is 29.8 Å². The molecule has 0 atom stereocenters. The quantitative estimate of drug-likeness (QED) is 0.362. The monoisotopic (exact) mass is 461 g/mol. The lowest BCUT2D eigenvalue weighted by atomic mass is 10.2. The minimum Gasteiger partial charge on any atom is -0.508 e. The van der Waals surface area contributed by atoms with Gasteiger partial charge in [-0.25, -0.2) is 0 Å². The zero-order valence-corrected chi connectivity index (χ0v) is 16.6. The van der Waals surface area contributed by atoms with Crippen LogP contribution in [0.4, 0.5) is 0 Å². The molecule has 2 aromatic carbocycles. The van der Waals surface area contributed by atoms with Gasteiger partial charge in [0.2, 0.25) is 0 Å². The first-order chi connectivity index (χ1) is 11.1. The summed E-state index contributed by atoms with van der Waals surface area (Å²) in [6.07, 6.45) is 0. The molecule has 0 bridgehead atoms. The molecule has 24 heavy (non-hydrogen) atoms. The second-order valence-electron chi connectivity index (χ2n) is 4.87. The number of phenolic OH excluding ortho intramolecular Hbond substituents is 1. The summed E-state index contributed by atoms with van der Waals surface area (Å²) >= 11 is 6.13. The number of aromatic hydroxyl groups is 1. The molecular formula is C17H21ClIN3O2. The normalized spacial score (nSPS) is 10.7. The van der Waals surface area contributed by atoms with Crippen molar-refractivity contribution in [2.75, 3.05) is 14.2 Å². The summed E-state index contributed by atoms with van der Waals surface area (Å²) in [6, 6.07) is 12.7. The van der Waals surface area contributed by atoms with Crippen LogP contribution >= 0.6 is 35.6 Å². The molecule has 0 amide bonds. The number of phenols is 1. The summed E-state index contributed by atoms with van der Waals surface area (Å²) in [5.41, 5.74) is 1.71. The van der Waals surface area contributed by atoms with Crippen LogP contribution in [0.5, 0.6) is 11.5 Å². The molecular weight excluding hydrogens is 441 g/mol. The van der Waals surface area contributed by atoms with Crippen molar-refractivity contribution in [3.05, 3.63) is 58.6 Å². The fourth-order valence-corrected chi connectivity index (χ4v) is 2.25. The number of benzene rings is 2. The van der Waals surface area contributed by atoms with E-state index >= 15 is 0 Å². The summed E-state index contributed by atoms with van der Waals surface area (Å²) in [4.78, 5) is 4.16. The Morgan fingerprint density at radius 2 is 1.79 bits per heavy atom. The van der Waals surface area contributed by atoms with Gasteiger partial charge in [0.1, 0.15) is 11.5 Å². The highest BCUT2D eigenvalue weighted by atomic mass is 127. The van der Waals surface area contributed by atoms with Crippen molar-refractivity contribution in [3.63, 3.8) is 0 Å². The molecule has 0 saturated heterocycles. The van der Waals surface area contributed by atoms with Crippen molar-refractivity contribution in [2.24, 2.45) is 4.99 Å². The second-order valence-corrected chi connectivity index (χ2v) is 5.27. The lowest BCUT2D eigenvalue weighted by Crippen LogP contribution is -2.36. The standard InChI is InChI=1S/C17H20ClN3O2.HI/c1-19-17(20-10-12-5-3-4-6-15(12)18)21-11-13-9-14(23-2)7-8-16(13)22;/h3-9,22H,10-11H2,1-2H3,(H2,19,20,21);1H. The van der Waals surface area contributed by atoms with Crippen LogP contribution in [0.2, 0.25) is 5.02 Å². The van der Waals surface area contributed by atoms with Gasteiger partial charge in [0.15, 0.2) is 5.96 Å². The smallest absolute Gasteiger partial charge is 0.191 e. The first-order valence-corrected chi connectivity index (χ1v) is 7.55. The summed E-state index contributed by atoms with van der Waals surface area (Å²) in [5, 5.41) is 16.9. The highest BCUT2D eigenvalue weighted by molar-refractivity contribution is 14.0. The maximum atomic E-state index is 9.89. The third kappa shape index (κ3) is 5.76. The molecule has 0 aliphatic heterocycles. The van der Waals surface area contributed by atoms with Gasteiger partial charge < -0.3 is 20.5 Å². The third-order valence-electron chi connectivity index (χ3n) is 3.36. The van der Waals surface area contributed by atoms with E-state index in [1.165, 1.54) is 0 Å². The van der Waals surface area contributed by atoms with E-state index in [1.54, 1.807) is 32.4 Å². The van der Waals surface area contributed by atoms with Crippen LogP contribution in [0.15, 0.2) is 47.5 Å². The molecule has 2 rings (SSSR count). The van der Waals surface area contributed by atoms with E-state index < -0.39 is 0 Å². The highest BCUT2D eigenvalue weighted by Crippen LogP contribution is 2.22. The number of aliphatic imine (C=N–C) groups is 1. The van der Waals surface area contributed by atoms with Crippen molar-refractivity contribution in [1.82, 2.24) is 10.6 Å². The van der Waals surface area contributed by atoms with Crippen molar-refractivity contribution >= 4 is 41.5 Å². The average Bonchev–Trinajstić information content (AvgIpc) is 2.57. The molecule has 0 fully saturated rings. The van der Waals surface area contributed by atoms with E-state index in [2.05, 4.69) is 15.6 Å². The molecule has 0 spiro atoms. The molecule has 7 heteroatoms. The van der Waals surface area contributed by atoms with Gasteiger partial charge in [-0.3, -0.25) is 4.99 Å². The number of nitrogens with zero attached hydrogens (tertiary/aromatic N) is 1. The Bertz CT molecular complexity index is 695. The SMILES string of the molecule is CN=C(NCc1cc(OC)ccc1O)NCc1ccccc1Cl.I. The van der Waals surface area contributed by atoms with Crippen molar-refractivity contribution in [1.29, 1.82) is 0 Å². The Balaban J connectivity index is 0.00000288. The Morgan fingerprint density at radius 3 is 2.42 bits per heavy atom. The Hall–Kier alpha value is -1.67. The van der Waals surface area contributed by atoms with Gasteiger partial charge in [-0.15, -0.1) is 24.0 Å². The minimum absolute atomic E-state index is 0. The third-order valence-corrected chi connectivity index (χ3v) is 3.73. The number of rotatable bonds is 5. The van der Waals surface area contributed by atoms with E-state index in [0.29, 0.717) is 29.8 Å². The molecule has 130 valence electrons. The van der Waals surface area contributed by atoms with Crippen molar-refractivity contribution < 1.29 is 9.84 Å². The molecule has 0 aliphatic rings. The average molecular weight is 462 g/mol. The van der Waals surface area contributed by atoms with Crippen LogP contribution in [0.3, 0.4) is 0 Å². The fraction of sp³-hybridized carbons (Fsp3) is 0.235. The predicted octanol–water partition coefficient (Wildman–Crippen LogP) is 3.54. The van der Waals surface area contributed by atoms with E-state index in [1.807, 2.05) is 24.3 Å². The zero-order chi connectivity index (χ0) is 16.7. The van der Waals surface area contributed by atoms with Crippen LogP contribution in [0.25, 0.3) is 0 Å². The van der Waals surface area contributed by atoms with Crippen LogP contribution in [-0.2, 0) is 13.1 Å². The van der Waals surface area contributed by atoms with Crippen LogP contribution in [-0.4, -0.2) is 25.2 Å². The molecule has 0 heterocycles. The molecule has 0 aliphatic carbocycles. The molecule has 0 unspecified atom stereocenters. The fourth-order valence-electron chi connectivity index (χ4n) is 2.05. The summed E-state index contributed by atoms with van der Waals surface area (Å²) in [6.45, 7) is 0.981. The molecule has 0 saturated carbocycles. The maximum absolute atomic E-state index is 9.89. The lowest BCUT2D eigenvalue weighted by molar-refractivity contribution is 0.410. The molecule has 2 aromatic rings. The Kier molecular flexibility index (Phi) is 8.70. The summed E-state index contributed by atoms with van der Waals surface area (Å²) < 4.78 is 5.16. The van der Waals surface area contributed by atoms with Crippen LogP contribution in [0.1, 0.15) is 11.1 Å². The summed E-state index contributed by atoms with van der Waals surface area (Å²) in [7, 11) is 3.28. The van der Waals surface area contributed by atoms with Gasteiger partial charge in [0, 0.05) is 30.7 Å². The van der Waals surface area contributed by atoms with E-state index in [-0.39, 0.29) is 29.7 Å². The van der Waals surface area contributed by atoms with Gasteiger partial charge in [0.25, 0.3) is 0 Å². The molecule has 0 radical (unpaired) electrons. The topological polar surface area (TPSA) is 65.9 Å². The maximum Gasteiger partial charge on any atom is 0.191 e. The number of ether oxygens (including phenoxy) is 1. The second kappa shape index (κ2) is 10.2. The number of hydrogen-bond donors (Lipinski definition) is 3. The van der Waals surface area contributed by atoms with Gasteiger partial charge >= 0.3 is 0 Å². The van der Waals surface area contributed by atoms with Crippen LogP contribution < -0.4 is 15.4 Å². The van der Waals surface area contributed by atoms with Crippen molar-refractivity contribution in [2.45, 2.75) is 13.1 Å². The molecule has 5 nitrogen and oxygen atoms in total. The number of guanidine groups is 1. The van der Waals surface area contributed by atoms with Crippen LogP contribution in [0, 0.1) is 0 Å². The van der Waals surface area contributed by atoms with E-state index in [4.69, 9.17) is 16.3 Å². The molecule has 3 N–H and O–H groups in total. The molecule has 0 aromatic heterocycles. The number of nitrogens with one attached hydrogen (secondary N) is 2. The Labute approximate surface area is 164 Å². The number of methoxy groups -OCH3 is 1.